The molecule has 0 radical (unpaired) electrons. The number of carbonyl (C=O) groups is 1. The molecule has 1 unspecified atom stereocenters. The molecule has 18 heavy (non-hydrogen) atoms. The lowest BCUT2D eigenvalue weighted by atomic mass is 9.87. The number of carbonyl (C=O) groups excluding carboxylic acids is 1. The molecule has 0 aromatic rings. The van der Waals surface area contributed by atoms with Crippen LogP contribution in [0.1, 0.15) is 52.9 Å². The zero-order valence-electron chi connectivity index (χ0n) is 11.9. The third-order valence-corrected chi connectivity index (χ3v) is 3.78. The first-order valence-electron chi connectivity index (χ1n) is 7.00. The van der Waals surface area contributed by atoms with Crippen LogP contribution >= 0.6 is 0 Å². The summed E-state index contributed by atoms with van der Waals surface area (Å²) in [6.45, 7) is 6.50. The standard InChI is InChI=1S/C14H28N2O2/c1-10(17)8-14(2,3)9-16-13(18)7-11-5-4-6-12(11)15/h10-12,17H,4-9,15H2,1-3H3,(H,16,18)/t10?,11-,12+/m0/s1. The molecule has 0 aliphatic heterocycles. The Morgan fingerprint density at radius 2 is 2.17 bits per heavy atom. The molecule has 0 aromatic carbocycles. The molecule has 1 aliphatic rings. The molecule has 4 nitrogen and oxygen atoms in total. The molecule has 0 saturated heterocycles. The Morgan fingerprint density at radius 3 is 2.67 bits per heavy atom. The second-order valence-electron chi connectivity index (χ2n) is 6.55. The fourth-order valence-electron chi connectivity index (χ4n) is 2.84. The van der Waals surface area contributed by atoms with Crippen molar-refractivity contribution in [1.29, 1.82) is 0 Å². The van der Waals surface area contributed by atoms with Crippen molar-refractivity contribution in [3.8, 4) is 0 Å². The highest BCUT2D eigenvalue weighted by Crippen LogP contribution is 2.27. The largest absolute Gasteiger partial charge is 0.393 e. The maximum absolute atomic E-state index is 11.8. The summed E-state index contributed by atoms with van der Waals surface area (Å²) in [6, 6.07) is 0.196. The Bertz CT molecular complexity index is 277. The molecule has 4 N–H and O–H groups in total. The highest BCUT2D eigenvalue weighted by molar-refractivity contribution is 5.76. The number of aliphatic hydroxyl groups is 1. The van der Waals surface area contributed by atoms with E-state index in [9.17, 15) is 9.90 Å². The van der Waals surface area contributed by atoms with Gasteiger partial charge in [0.1, 0.15) is 0 Å². The average molecular weight is 256 g/mol. The van der Waals surface area contributed by atoms with E-state index in [1.165, 1.54) is 0 Å². The number of rotatable bonds is 6. The third-order valence-electron chi connectivity index (χ3n) is 3.78. The summed E-state index contributed by atoms with van der Waals surface area (Å²) in [5, 5.41) is 12.4. The molecule has 1 fully saturated rings. The first kappa shape index (κ1) is 15.4. The normalized spacial score (nSPS) is 26.1. The number of hydrogen-bond donors (Lipinski definition) is 3. The van der Waals surface area contributed by atoms with Gasteiger partial charge in [0.2, 0.25) is 5.91 Å². The lowest BCUT2D eigenvalue weighted by Crippen LogP contribution is -2.37. The number of aliphatic hydroxyl groups excluding tert-OH is 1. The Balaban J connectivity index is 2.28. The molecule has 0 bridgehead atoms. The molecule has 1 amide bonds. The van der Waals surface area contributed by atoms with Gasteiger partial charge in [-0.3, -0.25) is 4.79 Å². The Kier molecular flexibility index (Phi) is 5.60. The Labute approximate surface area is 110 Å². The topological polar surface area (TPSA) is 75.3 Å². The van der Waals surface area contributed by atoms with Crippen molar-refractivity contribution < 1.29 is 9.90 Å². The fourth-order valence-corrected chi connectivity index (χ4v) is 2.84. The van der Waals surface area contributed by atoms with Crippen molar-refractivity contribution in [2.45, 2.75) is 65.0 Å². The van der Waals surface area contributed by atoms with E-state index in [4.69, 9.17) is 5.73 Å². The maximum Gasteiger partial charge on any atom is 0.220 e. The van der Waals surface area contributed by atoms with Crippen LogP contribution in [0.3, 0.4) is 0 Å². The van der Waals surface area contributed by atoms with E-state index in [-0.39, 0.29) is 23.5 Å². The van der Waals surface area contributed by atoms with Crippen LogP contribution in [0.4, 0.5) is 0 Å². The van der Waals surface area contributed by atoms with Crippen molar-refractivity contribution in [2.75, 3.05) is 6.54 Å². The number of nitrogens with two attached hydrogens (primary N) is 1. The lowest BCUT2D eigenvalue weighted by Gasteiger charge is -2.26. The molecule has 1 saturated carbocycles. The highest BCUT2D eigenvalue weighted by atomic mass is 16.3. The first-order chi connectivity index (χ1) is 8.30. The Morgan fingerprint density at radius 1 is 1.50 bits per heavy atom. The van der Waals surface area contributed by atoms with Crippen molar-refractivity contribution in [3.05, 3.63) is 0 Å². The minimum absolute atomic E-state index is 0.0678. The predicted molar refractivity (Wildman–Crippen MR) is 73.0 cm³/mol. The zero-order valence-corrected chi connectivity index (χ0v) is 11.9. The molecule has 1 rings (SSSR count). The van der Waals surface area contributed by atoms with Gasteiger partial charge in [0.05, 0.1) is 6.10 Å². The molecular weight excluding hydrogens is 228 g/mol. The average Bonchev–Trinajstić information content (AvgIpc) is 2.60. The van der Waals surface area contributed by atoms with Crippen molar-refractivity contribution in [3.63, 3.8) is 0 Å². The van der Waals surface area contributed by atoms with E-state index in [0.717, 1.165) is 19.3 Å². The summed E-state index contributed by atoms with van der Waals surface area (Å²) >= 11 is 0. The van der Waals surface area contributed by atoms with Gasteiger partial charge in [-0.1, -0.05) is 20.3 Å². The second kappa shape index (κ2) is 6.53. The summed E-state index contributed by atoms with van der Waals surface area (Å²) in [5.74, 6) is 0.445. The van der Waals surface area contributed by atoms with Gasteiger partial charge in [-0.05, 0) is 37.5 Å². The van der Waals surface area contributed by atoms with E-state index < -0.39 is 0 Å². The molecule has 4 heteroatoms. The Hall–Kier alpha value is -0.610. The third kappa shape index (κ3) is 5.36. The molecule has 3 atom stereocenters. The highest BCUT2D eigenvalue weighted by Gasteiger charge is 2.27. The van der Waals surface area contributed by atoms with Gasteiger partial charge < -0.3 is 16.2 Å². The number of amides is 1. The number of nitrogens with one attached hydrogen (secondary N) is 1. The van der Waals surface area contributed by atoms with Gasteiger partial charge in [0.15, 0.2) is 0 Å². The van der Waals surface area contributed by atoms with Crippen LogP contribution in [0.15, 0.2) is 0 Å². The summed E-state index contributed by atoms with van der Waals surface area (Å²) in [5.41, 5.74) is 5.89. The van der Waals surface area contributed by atoms with Gasteiger partial charge >= 0.3 is 0 Å². The van der Waals surface area contributed by atoms with Crippen LogP contribution in [0.5, 0.6) is 0 Å². The van der Waals surface area contributed by atoms with Crippen molar-refractivity contribution in [2.24, 2.45) is 17.1 Å². The molecule has 0 aromatic heterocycles. The summed E-state index contributed by atoms with van der Waals surface area (Å²) in [4.78, 5) is 11.8. The SMILES string of the molecule is CC(O)CC(C)(C)CNC(=O)C[C@@H]1CCC[C@H]1N. The zero-order chi connectivity index (χ0) is 13.8. The smallest absolute Gasteiger partial charge is 0.220 e. The molecule has 106 valence electrons. The minimum Gasteiger partial charge on any atom is -0.393 e. The molecule has 0 heterocycles. The van der Waals surface area contributed by atoms with Crippen LogP contribution < -0.4 is 11.1 Å². The quantitative estimate of drug-likeness (QED) is 0.672. The second-order valence-corrected chi connectivity index (χ2v) is 6.55. The monoisotopic (exact) mass is 256 g/mol. The maximum atomic E-state index is 11.8. The van der Waals surface area contributed by atoms with Gasteiger partial charge in [0.25, 0.3) is 0 Å². The predicted octanol–water partition coefficient (Wildman–Crippen LogP) is 1.42. The van der Waals surface area contributed by atoms with Crippen LogP contribution in [-0.4, -0.2) is 29.7 Å². The van der Waals surface area contributed by atoms with E-state index >= 15 is 0 Å². The van der Waals surface area contributed by atoms with Gasteiger partial charge in [-0.25, -0.2) is 0 Å². The first-order valence-corrected chi connectivity index (χ1v) is 7.00. The summed E-state index contributed by atoms with van der Waals surface area (Å²) < 4.78 is 0. The van der Waals surface area contributed by atoms with E-state index in [2.05, 4.69) is 19.2 Å². The van der Waals surface area contributed by atoms with Gasteiger partial charge in [-0.15, -0.1) is 0 Å². The van der Waals surface area contributed by atoms with Crippen LogP contribution in [0, 0.1) is 11.3 Å². The van der Waals surface area contributed by atoms with Gasteiger partial charge in [-0.2, -0.15) is 0 Å². The number of hydrogen-bond acceptors (Lipinski definition) is 3. The van der Waals surface area contributed by atoms with E-state index in [1.54, 1.807) is 6.92 Å². The molecular formula is C14H28N2O2. The van der Waals surface area contributed by atoms with Gasteiger partial charge in [0, 0.05) is 19.0 Å². The van der Waals surface area contributed by atoms with Crippen molar-refractivity contribution >= 4 is 5.91 Å². The van der Waals surface area contributed by atoms with Crippen molar-refractivity contribution in [1.82, 2.24) is 5.32 Å². The van der Waals surface area contributed by atoms with Crippen LogP contribution in [-0.2, 0) is 4.79 Å². The minimum atomic E-state index is -0.333. The van der Waals surface area contributed by atoms with E-state index in [0.29, 0.717) is 25.3 Å². The molecule has 1 aliphatic carbocycles. The summed E-state index contributed by atoms with van der Waals surface area (Å²) in [7, 11) is 0. The molecule has 0 spiro atoms. The fraction of sp³-hybridized carbons (Fsp3) is 0.929. The van der Waals surface area contributed by atoms with E-state index in [1.807, 2.05) is 0 Å². The van der Waals surface area contributed by atoms with Crippen LogP contribution in [0.25, 0.3) is 0 Å². The van der Waals surface area contributed by atoms with Crippen LogP contribution in [0.2, 0.25) is 0 Å². The lowest BCUT2D eigenvalue weighted by molar-refractivity contribution is -0.122. The summed E-state index contributed by atoms with van der Waals surface area (Å²) in [6.07, 6.45) is 4.17.